The summed E-state index contributed by atoms with van der Waals surface area (Å²) >= 11 is 0. The molecule has 0 aliphatic heterocycles. The van der Waals surface area contributed by atoms with Gasteiger partial charge < -0.3 is 10.3 Å². The lowest BCUT2D eigenvalue weighted by molar-refractivity contribution is 0.793. The minimum atomic E-state index is 0.609. The third-order valence-corrected chi connectivity index (χ3v) is 2.36. The molecule has 2 rings (SSSR count). The first-order valence-electron chi connectivity index (χ1n) is 4.78. The monoisotopic (exact) mass is 186 g/mol. The molecule has 0 aliphatic rings. The van der Waals surface area contributed by atoms with E-state index in [2.05, 4.69) is 35.2 Å². The lowest BCUT2D eigenvalue weighted by Crippen LogP contribution is -2.04. The molecular formula is C12H14N2. The normalized spacial score (nSPS) is 10.4. The maximum Gasteiger partial charge on any atom is 0.0473 e. The van der Waals surface area contributed by atoms with Gasteiger partial charge in [0, 0.05) is 25.5 Å². The number of rotatable bonds is 3. The average molecular weight is 186 g/mol. The summed E-state index contributed by atoms with van der Waals surface area (Å²) in [4.78, 5) is 0. The van der Waals surface area contributed by atoms with Crippen LogP contribution in [0.5, 0.6) is 0 Å². The molecule has 0 radical (unpaired) electrons. The molecule has 2 N–H and O–H groups in total. The lowest BCUT2D eigenvalue weighted by Gasteiger charge is -2.08. The number of nitrogens with two attached hydrogens (primary N) is 1. The third-order valence-electron chi connectivity index (χ3n) is 2.36. The molecule has 2 heteroatoms. The first-order valence-corrected chi connectivity index (χ1v) is 4.78. The second-order valence-electron chi connectivity index (χ2n) is 3.33. The molecule has 0 unspecified atom stereocenters. The van der Waals surface area contributed by atoms with Gasteiger partial charge in [-0.1, -0.05) is 24.3 Å². The van der Waals surface area contributed by atoms with Crippen LogP contribution in [0, 0.1) is 0 Å². The van der Waals surface area contributed by atoms with E-state index in [0.717, 1.165) is 6.54 Å². The van der Waals surface area contributed by atoms with Crippen LogP contribution in [-0.2, 0) is 13.1 Å². The van der Waals surface area contributed by atoms with E-state index < -0.39 is 0 Å². The Kier molecular flexibility index (Phi) is 2.65. The van der Waals surface area contributed by atoms with Gasteiger partial charge in [0.15, 0.2) is 0 Å². The standard InChI is InChI=1S/C12H14N2/c13-9-11-5-1-2-6-12(11)10-14-7-3-4-8-14/h1-8H,9-10,13H2. The van der Waals surface area contributed by atoms with Gasteiger partial charge in [-0.05, 0) is 23.3 Å². The molecule has 2 aromatic rings. The number of hydrogen-bond acceptors (Lipinski definition) is 1. The molecule has 0 saturated heterocycles. The van der Waals surface area contributed by atoms with Gasteiger partial charge in [-0.15, -0.1) is 0 Å². The van der Waals surface area contributed by atoms with E-state index in [4.69, 9.17) is 5.73 Å². The summed E-state index contributed by atoms with van der Waals surface area (Å²) in [6.07, 6.45) is 4.13. The first-order chi connectivity index (χ1) is 6.90. The van der Waals surface area contributed by atoms with E-state index in [9.17, 15) is 0 Å². The summed E-state index contributed by atoms with van der Waals surface area (Å²) in [6.45, 7) is 1.51. The second-order valence-corrected chi connectivity index (χ2v) is 3.33. The van der Waals surface area contributed by atoms with Gasteiger partial charge in [-0.3, -0.25) is 0 Å². The SMILES string of the molecule is NCc1ccccc1Cn1cccc1. The van der Waals surface area contributed by atoms with Crippen LogP contribution in [0.1, 0.15) is 11.1 Å². The highest BCUT2D eigenvalue weighted by atomic mass is 14.9. The van der Waals surface area contributed by atoms with Crippen molar-refractivity contribution in [2.24, 2.45) is 5.73 Å². The third kappa shape index (κ3) is 1.86. The van der Waals surface area contributed by atoms with Gasteiger partial charge in [0.1, 0.15) is 0 Å². The minimum absolute atomic E-state index is 0.609. The van der Waals surface area contributed by atoms with Gasteiger partial charge in [-0.25, -0.2) is 0 Å². The van der Waals surface area contributed by atoms with Gasteiger partial charge in [0.2, 0.25) is 0 Å². The van der Waals surface area contributed by atoms with Crippen LogP contribution in [-0.4, -0.2) is 4.57 Å². The van der Waals surface area contributed by atoms with E-state index in [1.165, 1.54) is 11.1 Å². The molecular weight excluding hydrogens is 172 g/mol. The summed E-state index contributed by atoms with van der Waals surface area (Å²) in [5.74, 6) is 0. The predicted molar refractivity (Wildman–Crippen MR) is 57.9 cm³/mol. The van der Waals surface area contributed by atoms with E-state index >= 15 is 0 Å². The van der Waals surface area contributed by atoms with Crippen molar-refractivity contribution in [2.45, 2.75) is 13.1 Å². The highest BCUT2D eigenvalue weighted by molar-refractivity contribution is 5.27. The fraction of sp³-hybridized carbons (Fsp3) is 0.167. The Balaban J connectivity index is 2.24. The number of hydrogen-bond donors (Lipinski definition) is 1. The fourth-order valence-corrected chi connectivity index (χ4v) is 1.58. The average Bonchev–Trinajstić information content (AvgIpc) is 2.71. The first kappa shape index (κ1) is 9.03. The summed E-state index contributed by atoms with van der Waals surface area (Å²) in [6, 6.07) is 12.4. The molecule has 0 amide bonds. The quantitative estimate of drug-likeness (QED) is 0.781. The molecule has 1 aromatic carbocycles. The molecule has 2 nitrogen and oxygen atoms in total. The van der Waals surface area contributed by atoms with E-state index in [1.54, 1.807) is 0 Å². The number of nitrogens with zero attached hydrogens (tertiary/aromatic N) is 1. The van der Waals surface area contributed by atoms with Crippen LogP contribution in [0.4, 0.5) is 0 Å². The van der Waals surface area contributed by atoms with Crippen molar-refractivity contribution in [1.29, 1.82) is 0 Å². The summed E-state index contributed by atoms with van der Waals surface area (Å²) < 4.78 is 2.15. The van der Waals surface area contributed by atoms with Gasteiger partial charge >= 0.3 is 0 Å². The maximum absolute atomic E-state index is 5.67. The summed E-state index contributed by atoms with van der Waals surface area (Å²) in [7, 11) is 0. The Morgan fingerprint density at radius 3 is 2.21 bits per heavy atom. The van der Waals surface area contributed by atoms with E-state index in [-0.39, 0.29) is 0 Å². The van der Waals surface area contributed by atoms with Crippen molar-refractivity contribution in [2.75, 3.05) is 0 Å². The molecule has 0 aliphatic carbocycles. The van der Waals surface area contributed by atoms with Gasteiger partial charge in [-0.2, -0.15) is 0 Å². The largest absolute Gasteiger partial charge is 0.350 e. The fourth-order valence-electron chi connectivity index (χ4n) is 1.58. The predicted octanol–water partition coefficient (Wildman–Crippen LogP) is 2.00. The Morgan fingerprint density at radius 1 is 0.929 bits per heavy atom. The van der Waals surface area contributed by atoms with Crippen LogP contribution >= 0.6 is 0 Å². The zero-order valence-corrected chi connectivity index (χ0v) is 8.06. The van der Waals surface area contributed by atoms with Crippen LogP contribution in [0.15, 0.2) is 48.8 Å². The zero-order chi connectivity index (χ0) is 9.80. The highest BCUT2D eigenvalue weighted by Crippen LogP contribution is 2.09. The van der Waals surface area contributed by atoms with Crippen LogP contribution in [0.25, 0.3) is 0 Å². The minimum Gasteiger partial charge on any atom is -0.350 e. The van der Waals surface area contributed by atoms with Crippen molar-refractivity contribution in [3.63, 3.8) is 0 Å². The van der Waals surface area contributed by atoms with Crippen molar-refractivity contribution in [3.8, 4) is 0 Å². The summed E-state index contributed by atoms with van der Waals surface area (Å²) in [5, 5.41) is 0. The van der Waals surface area contributed by atoms with Crippen molar-refractivity contribution >= 4 is 0 Å². The van der Waals surface area contributed by atoms with E-state index in [1.807, 2.05) is 18.2 Å². The van der Waals surface area contributed by atoms with Crippen LogP contribution in [0.2, 0.25) is 0 Å². The van der Waals surface area contributed by atoms with Crippen LogP contribution in [0.3, 0.4) is 0 Å². The van der Waals surface area contributed by atoms with E-state index in [0.29, 0.717) is 6.54 Å². The molecule has 0 fully saturated rings. The van der Waals surface area contributed by atoms with Crippen molar-refractivity contribution in [1.82, 2.24) is 4.57 Å². The van der Waals surface area contributed by atoms with Crippen LogP contribution < -0.4 is 5.73 Å². The Hall–Kier alpha value is -1.54. The topological polar surface area (TPSA) is 30.9 Å². The molecule has 1 heterocycles. The molecule has 14 heavy (non-hydrogen) atoms. The molecule has 0 saturated carbocycles. The lowest BCUT2D eigenvalue weighted by atomic mass is 10.1. The van der Waals surface area contributed by atoms with Crippen molar-refractivity contribution < 1.29 is 0 Å². The number of benzene rings is 1. The van der Waals surface area contributed by atoms with Crippen molar-refractivity contribution in [3.05, 3.63) is 59.9 Å². The molecule has 0 spiro atoms. The summed E-state index contributed by atoms with van der Waals surface area (Å²) in [5.41, 5.74) is 8.19. The Bertz CT molecular complexity index is 390. The highest BCUT2D eigenvalue weighted by Gasteiger charge is 1.99. The number of aromatic nitrogens is 1. The molecule has 72 valence electrons. The van der Waals surface area contributed by atoms with Gasteiger partial charge in [0.05, 0.1) is 0 Å². The molecule has 0 bridgehead atoms. The Morgan fingerprint density at radius 2 is 1.57 bits per heavy atom. The Labute approximate surface area is 84.0 Å². The molecule has 1 aromatic heterocycles. The zero-order valence-electron chi connectivity index (χ0n) is 8.06. The van der Waals surface area contributed by atoms with Gasteiger partial charge in [0.25, 0.3) is 0 Å². The second kappa shape index (κ2) is 4.11. The molecule has 0 atom stereocenters. The maximum atomic E-state index is 5.67. The smallest absolute Gasteiger partial charge is 0.0473 e.